The number of hydrogen-bond acceptors (Lipinski definition) is 11. The third-order valence-corrected chi connectivity index (χ3v) is 11.0. The molecule has 15 nitrogen and oxygen atoms in total. The molecule has 2 amide bonds. The van der Waals surface area contributed by atoms with Gasteiger partial charge in [-0.15, -0.1) is 20.4 Å². The molecule has 17 heteroatoms. The monoisotopic (exact) mass is 874 g/mol. The fraction of sp³-hybridized carbons (Fsp3) is 0.289. The molecule has 0 radical (unpaired) electrons. The highest BCUT2D eigenvalue weighted by Crippen LogP contribution is 2.36. The average molecular weight is 876 g/mol. The van der Waals surface area contributed by atoms with Gasteiger partial charge in [0.25, 0.3) is 0 Å². The van der Waals surface area contributed by atoms with E-state index in [9.17, 15) is 9.59 Å². The second-order valence-corrected chi connectivity index (χ2v) is 15.5. The summed E-state index contributed by atoms with van der Waals surface area (Å²) in [4.78, 5) is 36.5. The van der Waals surface area contributed by atoms with Crippen LogP contribution in [0.3, 0.4) is 0 Å². The summed E-state index contributed by atoms with van der Waals surface area (Å²) in [6.45, 7) is 7.19. The number of nitrogens with zero attached hydrogens (tertiary/aromatic N) is 8. The fourth-order valence-electron chi connectivity index (χ4n) is 7.59. The van der Waals surface area contributed by atoms with Gasteiger partial charge in [-0.1, -0.05) is 47.5 Å². The number of benzene rings is 4. The molecule has 2 aromatic heterocycles. The number of methoxy groups -OCH3 is 1. The van der Waals surface area contributed by atoms with Gasteiger partial charge in [0.1, 0.15) is 41.8 Å². The van der Waals surface area contributed by atoms with Crippen LogP contribution >= 0.6 is 23.2 Å². The van der Waals surface area contributed by atoms with E-state index < -0.39 is 12.1 Å². The highest BCUT2D eigenvalue weighted by atomic mass is 35.5. The first kappa shape index (κ1) is 42.3. The highest BCUT2D eigenvalue weighted by Gasteiger charge is 2.32. The van der Waals surface area contributed by atoms with Crippen molar-refractivity contribution < 1.29 is 23.8 Å². The van der Waals surface area contributed by atoms with E-state index in [0.717, 1.165) is 33.6 Å². The molecule has 8 rings (SSSR count). The Kier molecular flexibility index (Phi) is 12.7. The standard InChI is InChI=1S/C45H44Cl2N10O5/c1-5-48-40(58)24-36-44-54-53-27(3)57(44)39-17-15-33(23-35(39)43(50-36)29-8-12-31(47)13-9-29)62-21-20-61-19-18-49-41(59)25-37-45-55-52-26(2)56(45)38-16-14-32(60-4)22-34(38)42(51-37)28-6-10-30(46)11-7-28/h6-17,22-23,36-37H,5,18-21,24-25H2,1-4H3,(H,48,58)(H,49,59)/t36-,37-/m0/s1. The smallest absolute Gasteiger partial charge is 0.222 e. The van der Waals surface area contributed by atoms with Crippen LogP contribution < -0.4 is 20.1 Å². The largest absolute Gasteiger partial charge is 0.497 e. The molecule has 4 heterocycles. The Hall–Kier alpha value is -6.42. The minimum Gasteiger partial charge on any atom is -0.497 e. The average Bonchev–Trinajstić information content (AvgIpc) is 3.77. The lowest BCUT2D eigenvalue weighted by molar-refractivity contribution is -0.122. The van der Waals surface area contributed by atoms with Crippen molar-refractivity contribution in [1.82, 2.24) is 40.2 Å². The van der Waals surface area contributed by atoms with Crippen molar-refractivity contribution in [1.29, 1.82) is 0 Å². The molecule has 0 spiro atoms. The third-order valence-electron chi connectivity index (χ3n) is 10.5. The Morgan fingerprint density at radius 2 is 1.15 bits per heavy atom. The molecule has 0 aliphatic carbocycles. The molecule has 2 aliphatic rings. The van der Waals surface area contributed by atoms with Crippen molar-refractivity contribution >= 4 is 46.4 Å². The normalized spacial score (nSPS) is 15.1. The molecule has 0 unspecified atom stereocenters. The molecule has 0 bridgehead atoms. The number of amides is 2. The summed E-state index contributed by atoms with van der Waals surface area (Å²) in [7, 11) is 1.62. The van der Waals surface area contributed by atoms with Crippen molar-refractivity contribution in [2.24, 2.45) is 9.98 Å². The molecule has 2 N–H and O–H groups in total. The maximum atomic E-state index is 13.4. The van der Waals surface area contributed by atoms with Crippen molar-refractivity contribution in [2.75, 3.05) is 40.0 Å². The van der Waals surface area contributed by atoms with Crippen LogP contribution in [-0.4, -0.2) is 92.8 Å². The van der Waals surface area contributed by atoms with E-state index >= 15 is 0 Å². The van der Waals surface area contributed by atoms with Crippen molar-refractivity contribution in [2.45, 2.75) is 45.7 Å². The van der Waals surface area contributed by atoms with Crippen LogP contribution in [-0.2, 0) is 14.3 Å². The van der Waals surface area contributed by atoms with Crippen LogP contribution in [0.25, 0.3) is 11.4 Å². The van der Waals surface area contributed by atoms with E-state index in [-0.39, 0.29) is 51.0 Å². The van der Waals surface area contributed by atoms with E-state index in [4.69, 9.17) is 47.4 Å². The first-order chi connectivity index (χ1) is 30.1. The SMILES string of the molecule is CCNC(=O)C[C@@H]1N=C(c2ccc(Cl)cc2)c2cc(OCCOCCNC(=O)C[C@@H]3N=C(c4ccc(Cl)cc4)c4cc(OC)ccc4-n4c(C)nnc43)ccc2-n2c(C)nnc21. The van der Waals surface area contributed by atoms with Gasteiger partial charge in [0.05, 0.1) is 56.0 Å². The summed E-state index contributed by atoms with van der Waals surface area (Å²) in [5.74, 6) is 3.38. The van der Waals surface area contributed by atoms with Crippen molar-refractivity contribution in [3.05, 3.63) is 141 Å². The summed E-state index contributed by atoms with van der Waals surface area (Å²) in [5, 5.41) is 24.7. The van der Waals surface area contributed by atoms with Gasteiger partial charge in [-0.25, -0.2) is 0 Å². The molecule has 4 aromatic carbocycles. The molecule has 0 saturated heterocycles. The maximum Gasteiger partial charge on any atom is 0.222 e. The lowest BCUT2D eigenvalue weighted by atomic mass is 10.00. The van der Waals surface area contributed by atoms with Gasteiger partial charge in [0.15, 0.2) is 11.6 Å². The van der Waals surface area contributed by atoms with E-state index in [1.807, 2.05) is 115 Å². The minimum atomic E-state index is -0.632. The zero-order chi connectivity index (χ0) is 43.3. The number of nitrogens with one attached hydrogen (secondary N) is 2. The van der Waals surface area contributed by atoms with Crippen molar-refractivity contribution in [3.8, 4) is 22.9 Å². The van der Waals surface area contributed by atoms with Gasteiger partial charge in [0, 0.05) is 45.4 Å². The van der Waals surface area contributed by atoms with Crippen LogP contribution in [0.5, 0.6) is 11.5 Å². The van der Waals surface area contributed by atoms with Crippen LogP contribution in [0.2, 0.25) is 10.0 Å². The number of aromatic nitrogens is 6. The molecule has 6 aromatic rings. The summed E-state index contributed by atoms with van der Waals surface area (Å²) in [6, 6.07) is 25.1. The number of carbonyl (C=O) groups excluding carboxylic acids is 2. The topological polar surface area (TPSA) is 172 Å². The Labute approximate surface area is 368 Å². The third kappa shape index (κ3) is 8.96. The van der Waals surface area contributed by atoms with E-state index in [2.05, 4.69) is 31.0 Å². The zero-order valence-corrected chi connectivity index (χ0v) is 36.1. The molecular formula is C45H44Cl2N10O5. The molecule has 2 atom stereocenters. The minimum absolute atomic E-state index is 0.0337. The molecule has 62 heavy (non-hydrogen) atoms. The molecule has 0 fully saturated rings. The van der Waals surface area contributed by atoms with Crippen LogP contribution in [0.15, 0.2) is 94.9 Å². The number of hydrogen-bond donors (Lipinski definition) is 2. The number of carbonyl (C=O) groups is 2. The lowest BCUT2D eigenvalue weighted by Crippen LogP contribution is -2.29. The number of fused-ring (bicyclic) bond motifs is 6. The fourth-order valence-corrected chi connectivity index (χ4v) is 7.84. The number of aliphatic imine (C=N–C) groups is 2. The Balaban J connectivity index is 0.919. The molecule has 0 saturated carbocycles. The molecular weight excluding hydrogens is 831 g/mol. The first-order valence-corrected chi connectivity index (χ1v) is 21.0. The van der Waals surface area contributed by atoms with Gasteiger partial charge in [-0.2, -0.15) is 0 Å². The van der Waals surface area contributed by atoms with Gasteiger partial charge in [-0.05, 0) is 81.4 Å². The Morgan fingerprint density at radius 1 is 0.645 bits per heavy atom. The highest BCUT2D eigenvalue weighted by molar-refractivity contribution is 6.31. The summed E-state index contributed by atoms with van der Waals surface area (Å²) >= 11 is 12.5. The predicted octanol–water partition coefficient (Wildman–Crippen LogP) is 6.69. The van der Waals surface area contributed by atoms with Crippen LogP contribution in [0, 0.1) is 13.8 Å². The Bertz CT molecular complexity index is 2680. The second-order valence-electron chi connectivity index (χ2n) is 14.6. The van der Waals surface area contributed by atoms with Gasteiger partial charge in [0.2, 0.25) is 11.8 Å². The summed E-state index contributed by atoms with van der Waals surface area (Å²) in [6.07, 6.45) is 0.136. The maximum absolute atomic E-state index is 13.4. The van der Waals surface area contributed by atoms with E-state index in [1.54, 1.807) is 7.11 Å². The van der Waals surface area contributed by atoms with Crippen LogP contribution in [0.1, 0.15) is 77.4 Å². The molecule has 2 aliphatic heterocycles. The van der Waals surface area contributed by atoms with Gasteiger partial charge in [-0.3, -0.25) is 28.7 Å². The molecule has 318 valence electrons. The first-order valence-electron chi connectivity index (χ1n) is 20.2. The number of aryl methyl sites for hydroxylation is 2. The number of rotatable bonds is 15. The van der Waals surface area contributed by atoms with E-state index in [0.29, 0.717) is 62.8 Å². The van der Waals surface area contributed by atoms with Gasteiger partial charge >= 0.3 is 0 Å². The quantitative estimate of drug-likeness (QED) is 0.107. The summed E-state index contributed by atoms with van der Waals surface area (Å²) < 4.78 is 21.5. The second kappa shape index (κ2) is 18.7. The number of halogens is 2. The van der Waals surface area contributed by atoms with Crippen LogP contribution in [0.4, 0.5) is 0 Å². The summed E-state index contributed by atoms with van der Waals surface area (Å²) in [5.41, 5.74) is 6.26. The van der Waals surface area contributed by atoms with Crippen molar-refractivity contribution in [3.63, 3.8) is 0 Å². The van der Waals surface area contributed by atoms with Gasteiger partial charge < -0.3 is 24.8 Å². The zero-order valence-electron chi connectivity index (χ0n) is 34.6. The predicted molar refractivity (Wildman–Crippen MR) is 236 cm³/mol. The number of ether oxygens (including phenoxy) is 3. The van der Waals surface area contributed by atoms with E-state index in [1.165, 1.54) is 0 Å². The Morgan fingerprint density at radius 3 is 1.66 bits per heavy atom. The lowest BCUT2D eigenvalue weighted by Gasteiger charge is -2.15.